The molecule has 7 heteroatoms. The summed E-state index contributed by atoms with van der Waals surface area (Å²) in [5.74, 6) is -0.993. The number of urea groups is 1. The van der Waals surface area contributed by atoms with E-state index in [4.69, 9.17) is 4.42 Å². The van der Waals surface area contributed by atoms with Crippen LogP contribution < -0.4 is 5.32 Å². The Labute approximate surface area is 137 Å². The van der Waals surface area contributed by atoms with E-state index in [-0.39, 0.29) is 12.2 Å². The molecule has 126 valence electrons. The van der Waals surface area contributed by atoms with Crippen LogP contribution in [0, 0.1) is 11.2 Å². The van der Waals surface area contributed by atoms with Gasteiger partial charge in [0.2, 0.25) is 0 Å². The van der Waals surface area contributed by atoms with Crippen molar-refractivity contribution < 1.29 is 23.5 Å². The molecule has 1 aromatic heterocycles. The summed E-state index contributed by atoms with van der Waals surface area (Å²) < 4.78 is 19.4. The van der Waals surface area contributed by atoms with Crippen molar-refractivity contribution in [3.8, 4) is 11.3 Å². The van der Waals surface area contributed by atoms with E-state index < -0.39 is 23.2 Å². The lowest BCUT2D eigenvalue weighted by Gasteiger charge is -2.20. The fourth-order valence-electron chi connectivity index (χ4n) is 2.72. The number of rotatable bonds is 3. The normalized spacial score (nSPS) is 20.2. The highest BCUT2D eigenvalue weighted by Crippen LogP contribution is 2.31. The smallest absolute Gasteiger partial charge is 0.321 e. The van der Waals surface area contributed by atoms with E-state index in [1.54, 1.807) is 25.1 Å². The zero-order valence-electron chi connectivity index (χ0n) is 13.1. The lowest BCUT2D eigenvalue weighted by atomic mass is 9.90. The molecule has 0 aliphatic carbocycles. The quantitative estimate of drug-likeness (QED) is 0.902. The number of halogens is 1. The number of aliphatic carboxylic acids is 1. The average molecular weight is 332 g/mol. The molecule has 1 saturated heterocycles. The van der Waals surface area contributed by atoms with Crippen molar-refractivity contribution in [2.45, 2.75) is 13.3 Å². The number of carboxylic acid groups (broad SMARTS) is 1. The molecule has 0 saturated carbocycles. The van der Waals surface area contributed by atoms with Crippen molar-refractivity contribution in [1.29, 1.82) is 0 Å². The maximum absolute atomic E-state index is 14.2. The van der Waals surface area contributed by atoms with Gasteiger partial charge in [0, 0.05) is 18.7 Å². The number of hydrogen-bond donors (Lipinski definition) is 2. The third-order valence-corrected chi connectivity index (χ3v) is 4.29. The number of anilines is 1. The summed E-state index contributed by atoms with van der Waals surface area (Å²) in [6, 6.07) is 7.28. The van der Waals surface area contributed by atoms with E-state index in [2.05, 4.69) is 5.32 Å². The molecule has 1 fully saturated rings. The molecule has 0 bridgehead atoms. The number of carbonyl (C=O) groups excluding carboxylic acids is 1. The van der Waals surface area contributed by atoms with Gasteiger partial charge in [-0.15, -0.1) is 0 Å². The standard InChI is InChI=1S/C17H17FN2O4/c1-17(15(21)22)6-7-20(10-17)16(23)19-13-5-4-11(9-12(13)18)14-3-2-8-24-14/h2-5,8-9H,6-7,10H2,1H3,(H,19,23)(H,21,22). The highest BCUT2D eigenvalue weighted by atomic mass is 19.1. The highest BCUT2D eigenvalue weighted by Gasteiger charge is 2.42. The van der Waals surface area contributed by atoms with Gasteiger partial charge in [-0.2, -0.15) is 0 Å². The zero-order chi connectivity index (χ0) is 17.3. The van der Waals surface area contributed by atoms with E-state index in [0.717, 1.165) is 0 Å². The number of amides is 2. The summed E-state index contributed by atoms with van der Waals surface area (Å²) in [6.45, 7) is 2.02. The molecule has 1 unspecified atom stereocenters. The van der Waals surface area contributed by atoms with Crippen molar-refractivity contribution in [1.82, 2.24) is 4.90 Å². The van der Waals surface area contributed by atoms with Crippen molar-refractivity contribution in [2.24, 2.45) is 5.41 Å². The van der Waals surface area contributed by atoms with Gasteiger partial charge in [0.15, 0.2) is 0 Å². The Morgan fingerprint density at radius 3 is 2.75 bits per heavy atom. The maximum atomic E-state index is 14.2. The molecule has 6 nitrogen and oxygen atoms in total. The summed E-state index contributed by atoms with van der Waals surface area (Å²) >= 11 is 0. The van der Waals surface area contributed by atoms with Crippen molar-refractivity contribution in [3.63, 3.8) is 0 Å². The molecule has 2 N–H and O–H groups in total. The number of benzene rings is 1. The molecule has 1 aliphatic heterocycles. The second kappa shape index (κ2) is 5.99. The molecular weight excluding hydrogens is 315 g/mol. The van der Waals surface area contributed by atoms with Crippen molar-refractivity contribution >= 4 is 17.7 Å². The Balaban J connectivity index is 1.70. The lowest BCUT2D eigenvalue weighted by Crippen LogP contribution is -2.37. The molecule has 1 aliphatic rings. The van der Waals surface area contributed by atoms with E-state index in [1.807, 2.05) is 0 Å². The van der Waals surface area contributed by atoms with Crippen molar-refractivity contribution in [3.05, 3.63) is 42.4 Å². The second-order valence-electron chi connectivity index (χ2n) is 6.14. The van der Waals surface area contributed by atoms with Crippen LogP contribution in [0.5, 0.6) is 0 Å². The van der Waals surface area contributed by atoms with Crippen LogP contribution in [0.4, 0.5) is 14.9 Å². The van der Waals surface area contributed by atoms with E-state index >= 15 is 0 Å². The zero-order valence-corrected chi connectivity index (χ0v) is 13.1. The van der Waals surface area contributed by atoms with E-state index in [0.29, 0.717) is 24.3 Å². The average Bonchev–Trinajstić information content (AvgIpc) is 3.19. The first-order chi connectivity index (χ1) is 11.4. The number of nitrogens with zero attached hydrogens (tertiary/aromatic N) is 1. The molecule has 0 spiro atoms. The monoisotopic (exact) mass is 332 g/mol. The van der Waals surface area contributed by atoms with Crippen LogP contribution in [-0.4, -0.2) is 35.1 Å². The second-order valence-corrected chi connectivity index (χ2v) is 6.14. The SMILES string of the molecule is CC1(C(=O)O)CCN(C(=O)Nc2ccc(-c3ccco3)cc2F)C1. The van der Waals surface area contributed by atoms with Gasteiger partial charge in [-0.1, -0.05) is 0 Å². The Morgan fingerprint density at radius 2 is 2.17 bits per heavy atom. The number of furan rings is 1. The van der Waals surface area contributed by atoms with Gasteiger partial charge in [0.05, 0.1) is 17.4 Å². The maximum Gasteiger partial charge on any atom is 0.321 e. The molecule has 2 aromatic rings. The van der Waals surface area contributed by atoms with Crippen LogP contribution in [0.3, 0.4) is 0 Å². The van der Waals surface area contributed by atoms with Gasteiger partial charge in [0.25, 0.3) is 0 Å². The predicted molar refractivity (Wildman–Crippen MR) is 85.1 cm³/mol. The Kier molecular flexibility index (Phi) is 4.01. The van der Waals surface area contributed by atoms with Gasteiger partial charge >= 0.3 is 12.0 Å². The van der Waals surface area contributed by atoms with Crippen LogP contribution in [0.1, 0.15) is 13.3 Å². The van der Waals surface area contributed by atoms with Crippen LogP contribution >= 0.6 is 0 Å². The molecule has 1 atom stereocenters. The van der Waals surface area contributed by atoms with Gasteiger partial charge in [-0.05, 0) is 43.7 Å². The van der Waals surface area contributed by atoms with Gasteiger partial charge in [-0.3, -0.25) is 4.79 Å². The van der Waals surface area contributed by atoms with Gasteiger partial charge in [0.1, 0.15) is 11.6 Å². The summed E-state index contributed by atoms with van der Waals surface area (Å²) in [7, 11) is 0. The first-order valence-corrected chi connectivity index (χ1v) is 7.52. The molecule has 24 heavy (non-hydrogen) atoms. The number of hydrogen-bond acceptors (Lipinski definition) is 3. The minimum Gasteiger partial charge on any atom is -0.481 e. The molecule has 3 rings (SSSR count). The Bertz CT molecular complexity index is 775. The Morgan fingerprint density at radius 1 is 1.38 bits per heavy atom. The third-order valence-electron chi connectivity index (χ3n) is 4.29. The largest absolute Gasteiger partial charge is 0.481 e. The number of nitrogens with one attached hydrogen (secondary N) is 1. The van der Waals surface area contributed by atoms with Crippen molar-refractivity contribution in [2.75, 3.05) is 18.4 Å². The molecule has 2 amide bonds. The fourth-order valence-corrected chi connectivity index (χ4v) is 2.72. The highest BCUT2D eigenvalue weighted by molar-refractivity contribution is 5.90. The Hall–Kier alpha value is -2.83. The first-order valence-electron chi connectivity index (χ1n) is 7.52. The van der Waals surface area contributed by atoms with E-state index in [9.17, 15) is 19.1 Å². The summed E-state index contributed by atoms with van der Waals surface area (Å²) in [5, 5.41) is 11.7. The summed E-state index contributed by atoms with van der Waals surface area (Å²) in [4.78, 5) is 24.8. The van der Waals surface area contributed by atoms with Crippen LogP contribution in [0.15, 0.2) is 41.0 Å². The first kappa shape index (κ1) is 16.0. The fraction of sp³-hybridized carbons (Fsp3) is 0.294. The minimum absolute atomic E-state index is 0.0410. The van der Waals surface area contributed by atoms with Crippen LogP contribution in [0.2, 0.25) is 0 Å². The summed E-state index contributed by atoms with van der Waals surface area (Å²) in [5.41, 5.74) is -0.353. The predicted octanol–water partition coefficient (Wildman–Crippen LogP) is 3.41. The van der Waals surface area contributed by atoms with Crippen LogP contribution in [-0.2, 0) is 4.79 Å². The molecule has 0 radical (unpaired) electrons. The minimum atomic E-state index is -0.959. The number of carboxylic acids is 1. The van der Waals surface area contributed by atoms with Gasteiger partial charge < -0.3 is 19.7 Å². The molecule has 2 heterocycles. The van der Waals surface area contributed by atoms with E-state index in [1.165, 1.54) is 23.3 Å². The molecule has 1 aromatic carbocycles. The lowest BCUT2D eigenvalue weighted by molar-refractivity contribution is -0.146. The third kappa shape index (κ3) is 2.97. The van der Waals surface area contributed by atoms with Gasteiger partial charge in [-0.25, -0.2) is 9.18 Å². The number of carbonyl (C=O) groups is 2. The number of likely N-dealkylation sites (tertiary alicyclic amines) is 1. The van der Waals surface area contributed by atoms with Crippen LogP contribution in [0.25, 0.3) is 11.3 Å². The summed E-state index contributed by atoms with van der Waals surface area (Å²) in [6.07, 6.45) is 1.87. The molecular formula is C17H17FN2O4. The topological polar surface area (TPSA) is 82.8 Å².